The topological polar surface area (TPSA) is 113 Å². The van der Waals surface area contributed by atoms with Crippen LogP contribution in [0.25, 0.3) is 0 Å². The normalized spacial score (nSPS) is 11.7. The minimum Gasteiger partial charge on any atom is -0.457 e. The lowest BCUT2D eigenvalue weighted by Crippen LogP contribution is -2.29. The molecule has 0 aliphatic heterocycles. The van der Waals surface area contributed by atoms with Gasteiger partial charge in [-0.15, -0.1) is 0 Å². The van der Waals surface area contributed by atoms with Crippen LogP contribution in [0, 0.1) is 0 Å². The van der Waals surface area contributed by atoms with Crippen LogP contribution in [0.1, 0.15) is 188 Å². The molecular weight excluding hydrogens is 698 g/mol. The van der Waals surface area contributed by atoms with Gasteiger partial charge in [-0.1, -0.05) is 117 Å². The van der Waals surface area contributed by atoms with E-state index in [2.05, 4.69) is 18.7 Å². The van der Waals surface area contributed by atoms with Crippen LogP contribution >= 0.6 is 0 Å². The van der Waals surface area contributed by atoms with Gasteiger partial charge in [0.1, 0.15) is 12.2 Å². The number of esters is 2. The maximum Gasteiger partial charge on any atom is 0.306 e. The second-order valence-corrected chi connectivity index (χ2v) is 15.2. The highest BCUT2D eigenvalue weighted by Crippen LogP contribution is 2.14. The molecule has 10 heteroatoms. The van der Waals surface area contributed by atoms with Crippen molar-refractivity contribution < 1.29 is 43.1 Å². The standard InChI is InChI=1S/C45H89NO9/c1-5-9-11-27-36-52-40-43(41-53-37-28-12-10-6-2)55-45(49)31-24-20-18-22-26-33-46(34-29-35-47)32-25-21-17-15-13-14-16-19-23-30-44(48)54-42(38-50-7-3)39-51-8-4/h42-43,47H,5-41H2,1-4H3. The van der Waals surface area contributed by atoms with Crippen LogP contribution < -0.4 is 0 Å². The van der Waals surface area contributed by atoms with Crippen molar-refractivity contribution in [3.05, 3.63) is 0 Å². The SMILES string of the molecule is CCCCCCOCC(COCCCCCC)OC(=O)CCCCCCCN(CCCO)CCCCCCCCCCCC(=O)OC(COCC)COCC. The van der Waals surface area contributed by atoms with Gasteiger partial charge in [0, 0.05) is 52.4 Å². The van der Waals surface area contributed by atoms with E-state index in [1.165, 1.54) is 77.0 Å². The highest BCUT2D eigenvalue weighted by atomic mass is 16.6. The number of carbonyl (C=O) groups excluding carboxylic acids is 2. The third kappa shape index (κ3) is 39.3. The van der Waals surface area contributed by atoms with Gasteiger partial charge in [-0.3, -0.25) is 9.59 Å². The zero-order valence-corrected chi connectivity index (χ0v) is 36.5. The quantitative estimate of drug-likeness (QED) is 0.0473. The van der Waals surface area contributed by atoms with Crippen LogP contribution in [-0.4, -0.2) is 113 Å². The van der Waals surface area contributed by atoms with Crippen LogP contribution in [-0.2, 0) is 38.0 Å². The first-order chi connectivity index (χ1) is 27.0. The van der Waals surface area contributed by atoms with E-state index in [9.17, 15) is 14.7 Å². The smallest absolute Gasteiger partial charge is 0.306 e. The molecule has 0 bridgehead atoms. The van der Waals surface area contributed by atoms with Gasteiger partial charge in [0.05, 0.1) is 26.4 Å². The Bertz CT molecular complexity index is 778. The molecule has 0 fully saturated rings. The van der Waals surface area contributed by atoms with E-state index in [0.717, 1.165) is 90.3 Å². The molecular formula is C45H89NO9. The highest BCUT2D eigenvalue weighted by molar-refractivity contribution is 5.69. The molecule has 55 heavy (non-hydrogen) atoms. The van der Waals surface area contributed by atoms with Crippen molar-refractivity contribution in [2.45, 2.75) is 200 Å². The molecule has 0 saturated heterocycles. The van der Waals surface area contributed by atoms with Crippen molar-refractivity contribution in [1.82, 2.24) is 4.90 Å². The summed E-state index contributed by atoms with van der Waals surface area (Å²) in [7, 11) is 0. The summed E-state index contributed by atoms with van der Waals surface area (Å²) >= 11 is 0. The summed E-state index contributed by atoms with van der Waals surface area (Å²) in [6, 6.07) is 0. The van der Waals surface area contributed by atoms with Gasteiger partial charge in [-0.25, -0.2) is 0 Å². The van der Waals surface area contributed by atoms with E-state index in [-0.39, 0.29) is 30.8 Å². The summed E-state index contributed by atoms with van der Waals surface area (Å²) in [5, 5.41) is 9.40. The van der Waals surface area contributed by atoms with Gasteiger partial charge in [-0.05, 0) is 71.9 Å². The second kappa shape index (κ2) is 43.8. The fraction of sp³-hybridized carbons (Fsp3) is 0.956. The van der Waals surface area contributed by atoms with Crippen molar-refractivity contribution >= 4 is 11.9 Å². The second-order valence-electron chi connectivity index (χ2n) is 15.2. The van der Waals surface area contributed by atoms with E-state index in [1.54, 1.807) is 0 Å². The Labute approximate surface area is 338 Å². The van der Waals surface area contributed by atoms with Crippen LogP contribution in [0.4, 0.5) is 0 Å². The zero-order chi connectivity index (χ0) is 40.3. The average Bonchev–Trinajstić information content (AvgIpc) is 3.18. The molecule has 0 aromatic rings. The molecule has 0 atom stereocenters. The fourth-order valence-electron chi connectivity index (χ4n) is 6.52. The van der Waals surface area contributed by atoms with E-state index in [1.807, 2.05) is 13.8 Å². The molecule has 0 aromatic carbocycles. The number of ether oxygens (including phenoxy) is 6. The lowest BCUT2D eigenvalue weighted by Gasteiger charge is -2.22. The van der Waals surface area contributed by atoms with Gasteiger partial charge in [-0.2, -0.15) is 0 Å². The number of nitrogens with zero attached hydrogens (tertiary/aromatic N) is 1. The molecule has 0 amide bonds. The molecule has 0 saturated carbocycles. The Hall–Kier alpha value is -1.30. The summed E-state index contributed by atoms with van der Waals surface area (Å²) in [6.07, 6.45) is 26.3. The zero-order valence-electron chi connectivity index (χ0n) is 36.5. The maximum absolute atomic E-state index is 12.6. The minimum atomic E-state index is -0.327. The third-order valence-corrected chi connectivity index (χ3v) is 9.85. The molecule has 0 unspecified atom stereocenters. The van der Waals surface area contributed by atoms with Gasteiger partial charge in [0.2, 0.25) is 0 Å². The summed E-state index contributed by atoms with van der Waals surface area (Å²) in [5.74, 6) is -0.291. The molecule has 0 spiro atoms. The van der Waals surface area contributed by atoms with Gasteiger partial charge >= 0.3 is 11.9 Å². The Morgan fingerprint density at radius 3 is 1.16 bits per heavy atom. The Balaban J connectivity index is 4.05. The fourth-order valence-corrected chi connectivity index (χ4v) is 6.52. The molecule has 10 nitrogen and oxygen atoms in total. The summed E-state index contributed by atoms with van der Waals surface area (Å²) in [6.45, 7) is 15.9. The van der Waals surface area contributed by atoms with Crippen molar-refractivity contribution in [2.75, 3.05) is 79.1 Å². The van der Waals surface area contributed by atoms with E-state index < -0.39 is 0 Å². The van der Waals surface area contributed by atoms with E-state index >= 15 is 0 Å². The molecule has 0 radical (unpaired) electrons. The number of rotatable bonds is 45. The van der Waals surface area contributed by atoms with E-state index in [4.69, 9.17) is 28.4 Å². The monoisotopic (exact) mass is 788 g/mol. The molecule has 0 rings (SSSR count). The number of unbranched alkanes of at least 4 members (excludes halogenated alkanes) is 18. The van der Waals surface area contributed by atoms with Gasteiger partial charge in [0.15, 0.2) is 0 Å². The van der Waals surface area contributed by atoms with Gasteiger partial charge in [0.25, 0.3) is 0 Å². The highest BCUT2D eigenvalue weighted by Gasteiger charge is 2.16. The lowest BCUT2D eigenvalue weighted by molar-refractivity contribution is -0.157. The number of carbonyl (C=O) groups is 2. The first-order valence-electron chi connectivity index (χ1n) is 23.0. The predicted molar refractivity (Wildman–Crippen MR) is 225 cm³/mol. The summed E-state index contributed by atoms with van der Waals surface area (Å²) < 4.78 is 33.9. The predicted octanol–water partition coefficient (Wildman–Crippen LogP) is 10.0. The van der Waals surface area contributed by atoms with Crippen molar-refractivity contribution in [3.63, 3.8) is 0 Å². The Morgan fingerprint density at radius 2 is 0.782 bits per heavy atom. The number of hydrogen-bond acceptors (Lipinski definition) is 10. The third-order valence-electron chi connectivity index (χ3n) is 9.85. The lowest BCUT2D eigenvalue weighted by atomic mass is 10.1. The van der Waals surface area contributed by atoms with Crippen molar-refractivity contribution in [2.24, 2.45) is 0 Å². The van der Waals surface area contributed by atoms with E-state index in [0.29, 0.717) is 65.7 Å². The van der Waals surface area contributed by atoms with Crippen molar-refractivity contribution in [1.29, 1.82) is 0 Å². The maximum atomic E-state index is 12.6. The molecule has 328 valence electrons. The summed E-state index contributed by atoms with van der Waals surface area (Å²) in [5.41, 5.74) is 0. The molecule has 0 heterocycles. The van der Waals surface area contributed by atoms with Crippen LogP contribution in [0.2, 0.25) is 0 Å². The van der Waals surface area contributed by atoms with Gasteiger partial charge < -0.3 is 38.4 Å². The molecule has 1 N–H and O–H groups in total. The van der Waals surface area contributed by atoms with Crippen molar-refractivity contribution in [3.8, 4) is 0 Å². The largest absolute Gasteiger partial charge is 0.457 e. The Kier molecular flexibility index (Phi) is 42.8. The van der Waals surface area contributed by atoms with Crippen LogP contribution in [0.5, 0.6) is 0 Å². The molecule has 0 aromatic heterocycles. The summed E-state index contributed by atoms with van der Waals surface area (Å²) in [4.78, 5) is 27.4. The van der Waals surface area contributed by atoms with Crippen LogP contribution in [0.3, 0.4) is 0 Å². The average molecular weight is 788 g/mol. The first-order valence-corrected chi connectivity index (χ1v) is 23.0. The number of aliphatic hydroxyl groups is 1. The number of hydrogen-bond donors (Lipinski definition) is 1. The molecule has 0 aliphatic carbocycles. The molecule has 0 aliphatic rings. The minimum absolute atomic E-state index is 0.139. The van der Waals surface area contributed by atoms with Crippen LogP contribution in [0.15, 0.2) is 0 Å². The Morgan fingerprint density at radius 1 is 0.436 bits per heavy atom. The number of aliphatic hydroxyl groups excluding tert-OH is 1. The first kappa shape index (κ1) is 53.7.